The summed E-state index contributed by atoms with van der Waals surface area (Å²) in [5.41, 5.74) is 4.54. The first-order valence-corrected chi connectivity index (χ1v) is 8.18. The van der Waals surface area contributed by atoms with Crippen LogP contribution in [0.1, 0.15) is 19.8 Å². The van der Waals surface area contributed by atoms with Crippen molar-refractivity contribution < 1.29 is 0 Å². The molecule has 2 aliphatic rings. The summed E-state index contributed by atoms with van der Waals surface area (Å²) in [6.07, 6.45) is 13.8. The van der Waals surface area contributed by atoms with E-state index in [1.165, 1.54) is 16.7 Å². The van der Waals surface area contributed by atoms with E-state index in [0.29, 0.717) is 0 Å². The Morgan fingerprint density at radius 3 is 2.60 bits per heavy atom. The number of allylic oxidation sites excluding steroid dienone is 8. The molecule has 0 aromatic rings. The van der Waals surface area contributed by atoms with Crippen molar-refractivity contribution in [2.45, 2.75) is 32.9 Å². The third-order valence-corrected chi connectivity index (χ3v) is 4.49. The zero-order valence-electron chi connectivity index (χ0n) is 9.80. The van der Waals surface area contributed by atoms with Gasteiger partial charge in [-0.2, -0.15) is 0 Å². The van der Waals surface area contributed by atoms with E-state index in [0.717, 1.165) is 12.8 Å². The quantitative estimate of drug-likeness (QED) is 0.615. The number of hydrogen-bond acceptors (Lipinski definition) is 0. The van der Waals surface area contributed by atoms with Gasteiger partial charge in [-0.15, -0.1) is 0 Å². The fourth-order valence-electron chi connectivity index (χ4n) is 2.08. The lowest BCUT2D eigenvalue weighted by molar-refractivity contribution is 1.11. The minimum atomic E-state index is -0.300. The molecular weight excluding hydrogens is 196 g/mol. The molecule has 2 aliphatic carbocycles. The Morgan fingerprint density at radius 2 is 2.07 bits per heavy atom. The molecule has 0 bridgehead atoms. The van der Waals surface area contributed by atoms with Crippen molar-refractivity contribution in [2.75, 3.05) is 0 Å². The van der Waals surface area contributed by atoms with Crippen molar-refractivity contribution in [1.82, 2.24) is 0 Å². The molecule has 0 aliphatic heterocycles. The Kier molecular flexibility index (Phi) is 3.01. The van der Waals surface area contributed by atoms with Gasteiger partial charge in [-0.1, -0.05) is 50.4 Å². The molecule has 0 radical (unpaired) electrons. The average Bonchev–Trinajstić information content (AvgIpc) is 2.86. The second-order valence-electron chi connectivity index (χ2n) is 4.36. The first-order valence-electron chi connectivity index (χ1n) is 5.68. The van der Waals surface area contributed by atoms with Crippen LogP contribution in [-0.4, -0.2) is 13.6 Å². The van der Waals surface area contributed by atoms with Crippen LogP contribution in [0.5, 0.6) is 0 Å². The van der Waals surface area contributed by atoms with Crippen LogP contribution in [0.4, 0.5) is 0 Å². The first kappa shape index (κ1) is 10.6. The van der Waals surface area contributed by atoms with Crippen LogP contribution in [-0.2, 0) is 0 Å². The van der Waals surface area contributed by atoms with Crippen molar-refractivity contribution in [2.24, 2.45) is 0 Å². The van der Waals surface area contributed by atoms with Crippen LogP contribution in [0.2, 0.25) is 13.1 Å². The first-order chi connectivity index (χ1) is 7.22. The predicted molar refractivity (Wildman–Crippen MR) is 70.8 cm³/mol. The van der Waals surface area contributed by atoms with E-state index in [9.17, 15) is 0 Å². The molecule has 0 amide bonds. The summed E-state index contributed by atoms with van der Waals surface area (Å²) in [5.74, 6) is 0. The maximum atomic E-state index is 2.42. The summed E-state index contributed by atoms with van der Waals surface area (Å²) >= 11 is 0. The molecule has 0 unspecified atom stereocenters. The van der Waals surface area contributed by atoms with Crippen LogP contribution < -0.4 is 0 Å². The second-order valence-corrected chi connectivity index (χ2v) is 6.94. The van der Waals surface area contributed by atoms with Crippen LogP contribution in [0.3, 0.4) is 0 Å². The van der Waals surface area contributed by atoms with E-state index in [4.69, 9.17) is 0 Å². The van der Waals surface area contributed by atoms with E-state index in [2.05, 4.69) is 50.4 Å². The Balaban J connectivity index is 2.37. The van der Waals surface area contributed by atoms with Gasteiger partial charge >= 0.3 is 0 Å². The minimum absolute atomic E-state index is 0.300. The molecule has 2 rings (SSSR count). The molecule has 0 N–H and O–H groups in total. The van der Waals surface area contributed by atoms with Crippen molar-refractivity contribution in [3.8, 4) is 0 Å². The van der Waals surface area contributed by atoms with Gasteiger partial charge in [0.1, 0.15) is 0 Å². The maximum absolute atomic E-state index is 2.42. The van der Waals surface area contributed by atoms with Crippen LogP contribution in [0.25, 0.3) is 0 Å². The highest BCUT2D eigenvalue weighted by Crippen LogP contribution is 2.31. The zero-order valence-corrected chi connectivity index (χ0v) is 10.8. The highest BCUT2D eigenvalue weighted by atomic mass is 28.2. The van der Waals surface area contributed by atoms with E-state index in [1.54, 1.807) is 5.17 Å². The maximum Gasteiger partial charge on any atom is 0.0128 e. The fraction of sp³-hybridized carbons (Fsp3) is 0.357. The lowest BCUT2D eigenvalue weighted by Crippen LogP contribution is -2.00. The van der Waals surface area contributed by atoms with Crippen molar-refractivity contribution in [1.29, 1.82) is 0 Å². The lowest BCUT2D eigenvalue weighted by atomic mass is 9.98. The molecule has 0 saturated heterocycles. The molecule has 0 spiro atoms. The molecule has 0 fully saturated rings. The van der Waals surface area contributed by atoms with Gasteiger partial charge in [0.2, 0.25) is 0 Å². The molecule has 0 aromatic carbocycles. The van der Waals surface area contributed by atoms with Gasteiger partial charge in [0.25, 0.3) is 0 Å². The lowest BCUT2D eigenvalue weighted by Gasteiger charge is -2.06. The molecule has 0 saturated carbocycles. The monoisotopic (exact) mass is 214 g/mol. The summed E-state index contributed by atoms with van der Waals surface area (Å²) in [4.78, 5) is 0. The highest BCUT2D eigenvalue weighted by Gasteiger charge is 2.16. The number of rotatable bonds is 2. The normalized spacial score (nSPS) is 19.1. The Labute approximate surface area is 93.9 Å². The van der Waals surface area contributed by atoms with Gasteiger partial charge in [0.15, 0.2) is 0 Å². The highest BCUT2D eigenvalue weighted by molar-refractivity contribution is 6.73. The second kappa shape index (κ2) is 4.27. The molecule has 15 heavy (non-hydrogen) atoms. The van der Waals surface area contributed by atoms with E-state index in [1.807, 2.05) is 0 Å². The summed E-state index contributed by atoms with van der Waals surface area (Å²) in [7, 11) is -0.300. The van der Waals surface area contributed by atoms with Gasteiger partial charge in [-0.05, 0) is 34.7 Å². The van der Waals surface area contributed by atoms with Crippen LogP contribution in [0.15, 0.2) is 47.1 Å². The van der Waals surface area contributed by atoms with Crippen molar-refractivity contribution >= 4 is 13.6 Å². The standard InChI is InChI=1S/C14H18Si/c1-4-11-9-13(15(2)3)10-14(11)12-7-5-6-8-12/h5-7,9-10H,4,8H2,1-3H3. The summed E-state index contributed by atoms with van der Waals surface area (Å²) < 4.78 is 0. The zero-order chi connectivity index (χ0) is 10.8. The Morgan fingerprint density at radius 1 is 1.27 bits per heavy atom. The third-order valence-electron chi connectivity index (χ3n) is 3.05. The average molecular weight is 214 g/mol. The molecule has 0 atom stereocenters. The van der Waals surface area contributed by atoms with Gasteiger partial charge in [0.05, 0.1) is 0 Å². The SMILES string of the molecule is CCC1=CC(=[Si](C)C)C=C1C1=CC=CC1. The number of hydrogen-bond donors (Lipinski definition) is 0. The Bertz CT molecular complexity index is 424. The summed E-state index contributed by atoms with van der Waals surface area (Å²) in [6, 6.07) is 0. The van der Waals surface area contributed by atoms with Crippen LogP contribution >= 0.6 is 0 Å². The summed E-state index contributed by atoms with van der Waals surface area (Å²) in [5, 5.41) is 1.58. The van der Waals surface area contributed by atoms with Gasteiger partial charge in [0, 0.05) is 8.41 Å². The van der Waals surface area contributed by atoms with Gasteiger partial charge in [-0.25, -0.2) is 0 Å². The molecule has 0 heterocycles. The Hall–Kier alpha value is -0.953. The van der Waals surface area contributed by atoms with E-state index < -0.39 is 0 Å². The molecule has 1 heteroatoms. The largest absolute Gasteiger partial charge is 0.0801 e. The van der Waals surface area contributed by atoms with Gasteiger partial charge < -0.3 is 0 Å². The fourth-order valence-corrected chi connectivity index (χ4v) is 2.98. The molecule has 0 aromatic heterocycles. The van der Waals surface area contributed by atoms with Crippen LogP contribution in [0, 0.1) is 0 Å². The van der Waals surface area contributed by atoms with Gasteiger partial charge in [-0.3, -0.25) is 0 Å². The smallest absolute Gasteiger partial charge is 0.0128 e. The van der Waals surface area contributed by atoms with Crippen molar-refractivity contribution in [3.63, 3.8) is 0 Å². The molecular formula is C14H18Si. The van der Waals surface area contributed by atoms with E-state index >= 15 is 0 Å². The van der Waals surface area contributed by atoms with E-state index in [-0.39, 0.29) is 8.41 Å². The summed E-state index contributed by atoms with van der Waals surface area (Å²) in [6.45, 7) is 6.98. The predicted octanol–water partition coefficient (Wildman–Crippen LogP) is 3.66. The molecule has 0 nitrogen and oxygen atoms in total. The van der Waals surface area contributed by atoms with Crippen molar-refractivity contribution in [3.05, 3.63) is 47.1 Å². The topological polar surface area (TPSA) is 0 Å². The molecule has 78 valence electrons. The minimum Gasteiger partial charge on any atom is -0.0801 e. The third kappa shape index (κ3) is 2.02.